The third-order valence-corrected chi connectivity index (χ3v) is 3.37. The predicted molar refractivity (Wildman–Crippen MR) is 67.4 cm³/mol. The molecule has 92 valence electrons. The van der Waals surface area contributed by atoms with E-state index < -0.39 is 0 Å². The van der Waals surface area contributed by atoms with Crippen molar-refractivity contribution < 1.29 is 9.53 Å². The first-order valence-electron chi connectivity index (χ1n) is 5.74. The average molecular weight is 234 g/mol. The van der Waals surface area contributed by atoms with Gasteiger partial charge in [-0.05, 0) is 37.1 Å². The van der Waals surface area contributed by atoms with Crippen LogP contribution in [0.3, 0.4) is 0 Å². The molecule has 1 heterocycles. The molecule has 0 bridgehead atoms. The fourth-order valence-electron chi connectivity index (χ4n) is 2.26. The van der Waals surface area contributed by atoms with Gasteiger partial charge in [0.25, 0.3) is 0 Å². The second-order valence-corrected chi connectivity index (χ2v) is 4.51. The number of anilines is 1. The van der Waals surface area contributed by atoms with Crippen molar-refractivity contribution in [1.82, 2.24) is 0 Å². The van der Waals surface area contributed by atoms with Gasteiger partial charge in [-0.3, -0.25) is 4.79 Å². The van der Waals surface area contributed by atoms with Crippen LogP contribution in [0, 0.1) is 13.8 Å². The van der Waals surface area contributed by atoms with Crippen LogP contribution in [0.2, 0.25) is 0 Å². The highest BCUT2D eigenvalue weighted by atomic mass is 16.5. The average Bonchev–Trinajstić information content (AvgIpc) is 2.62. The quantitative estimate of drug-likeness (QED) is 0.841. The minimum atomic E-state index is -0.0516. The van der Waals surface area contributed by atoms with Crippen LogP contribution in [-0.4, -0.2) is 25.6 Å². The first-order valence-corrected chi connectivity index (χ1v) is 5.74. The van der Waals surface area contributed by atoms with Crippen LogP contribution in [0.4, 0.5) is 5.69 Å². The minimum Gasteiger partial charge on any atom is -0.496 e. The number of carbonyl (C=O) groups excluding carboxylic acids is 1. The van der Waals surface area contributed by atoms with Gasteiger partial charge in [0, 0.05) is 24.7 Å². The van der Waals surface area contributed by atoms with E-state index in [1.54, 1.807) is 12.0 Å². The second kappa shape index (κ2) is 4.37. The van der Waals surface area contributed by atoms with Crippen LogP contribution < -0.4 is 15.4 Å². The van der Waals surface area contributed by atoms with Crippen LogP contribution in [0.5, 0.6) is 5.75 Å². The van der Waals surface area contributed by atoms with E-state index in [1.165, 1.54) is 0 Å². The summed E-state index contributed by atoms with van der Waals surface area (Å²) >= 11 is 0. The Bertz CT molecular complexity index is 457. The third kappa shape index (κ3) is 2.00. The van der Waals surface area contributed by atoms with E-state index in [1.807, 2.05) is 26.0 Å². The molecule has 1 amide bonds. The number of nitrogens with zero attached hydrogens (tertiary/aromatic N) is 1. The summed E-state index contributed by atoms with van der Waals surface area (Å²) in [6.07, 6.45) is 0.435. The van der Waals surface area contributed by atoms with Crippen molar-refractivity contribution >= 4 is 11.6 Å². The van der Waals surface area contributed by atoms with Crippen molar-refractivity contribution in [3.05, 3.63) is 23.3 Å². The van der Waals surface area contributed by atoms with Crippen LogP contribution in [0.15, 0.2) is 12.1 Å². The van der Waals surface area contributed by atoms with E-state index in [0.717, 1.165) is 22.6 Å². The molecule has 2 N–H and O–H groups in total. The summed E-state index contributed by atoms with van der Waals surface area (Å²) < 4.78 is 5.26. The summed E-state index contributed by atoms with van der Waals surface area (Å²) in [5.74, 6) is 0.951. The maximum atomic E-state index is 11.8. The highest BCUT2D eigenvalue weighted by Gasteiger charge is 2.29. The normalized spacial score (nSPS) is 19.9. The predicted octanol–water partition coefficient (Wildman–Crippen LogP) is 1.38. The number of methoxy groups -OCH3 is 1. The molecule has 0 aromatic heterocycles. The molecule has 2 rings (SSSR count). The van der Waals surface area contributed by atoms with Gasteiger partial charge < -0.3 is 15.4 Å². The molecule has 1 aliphatic heterocycles. The van der Waals surface area contributed by atoms with Crippen LogP contribution in [-0.2, 0) is 4.79 Å². The summed E-state index contributed by atoms with van der Waals surface area (Å²) in [5.41, 5.74) is 8.90. The fourth-order valence-corrected chi connectivity index (χ4v) is 2.26. The van der Waals surface area contributed by atoms with E-state index in [2.05, 4.69) is 0 Å². The van der Waals surface area contributed by atoms with Gasteiger partial charge in [0.2, 0.25) is 5.91 Å². The van der Waals surface area contributed by atoms with Crippen molar-refractivity contribution in [3.63, 3.8) is 0 Å². The molecule has 0 saturated carbocycles. The Labute approximate surface area is 101 Å². The van der Waals surface area contributed by atoms with E-state index in [-0.39, 0.29) is 11.9 Å². The van der Waals surface area contributed by atoms with E-state index in [9.17, 15) is 4.79 Å². The van der Waals surface area contributed by atoms with Gasteiger partial charge in [-0.15, -0.1) is 0 Å². The van der Waals surface area contributed by atoms with Gasteiger partial charge in [-0.2, -0.15) is 0 Å². The lowest BCUT2D eigenvalue weighted by molar-refractivity contribution is -0.117. The van der Waals surface area contributed by atoms with Crippen LogP contribution in [0.1, 0.15) is 17.5 Å². The third-order valence-electron chi connectivity index (χ3n) is 3.37. The van der Waals surface area contributed by atoms with E-state index in [4.69, 9.17) is 10.5 Å². The molecule has 0 aliphatic carbocycles. The number of hydrogen-bond donors (Lipinski definition) is 1. The van der Waals surface area contributed by atoms with Gasteiger partial charge in [-0.25, -0.2) is 0 Å². The number of amides is 1. The number of ether oxygens (including phenoxy) is 1. The monoisotopic (exact) mass is 234 g/mol. The topological polar surface area (TPSA) is 55.6 Å². The molecule has 1 aromatic carbocycles. The highest BCUT2D eigenvalue weighted by Crippen LogP contribution is 2.31. The zero-order valence-corrected chi connectivity index (χ0v) is 10.5. The SMILES string of the molecule is COc1ccc(N2CC(N)CC2=O)c(C)c1C. The Morgan fingerprint density at radius 1 is 1.35 bits per heavy atom. The van der Waals surface area contributed by atoms with E-state index >= 15 is 0 Å². The molecule has 4 nitrogen and oxygen atoms in total. The van der Waals surface area contributed by atoms with E-state index in [0.29, 0.717) is 13.0 Å². The first kappa shape index (κ1) is 11.9. The summed E-state index contributed by atoms with van der Waals surface area (Å²) in [6.45, 7) is 4.61. The molecule has 1 aromatic rings. The molecule has 0 radical (unpaired) electrons. The highest BCUT2D eigenvalue weighted by molar-refractivity contribution is 5.97. The Morgan fingerprint density at radius 3 is 2.59 bits per heavy atom. The lowest BCUT2D eigenvalue weighted by Gasteiger charge is -2.21. The lowest BCUT2D eigenvalue weighted by Crippen LogP contribution is -2.28. The Hall–Kier alpha value is -1.55. The zero-order valence-electron chi connectivity index (χ0n) is 10.5. The van der Waals surface area contributed by atoms with Crippen LogP contribution in [0.25, 0.3) is 0 Å². The molecular weight excluding hydrogens is 216 g/mol. The largest absolute Gasteiger partial charge is 0.496 e. The zero-order chi connectivity index (χ0) is 12.6. The standard InChI is InChI=1S/C13H18N2O2/c1-8-9(2)12(17-3)5-4-11(8)15-7-10(14)6-13(15)16/h4-5,10H,6-7,14H2,1-3H3. The van der Waals surface area contributed by atoms with Gasteiger partial charge in [0.1, 0.15) is 5.75 Å². The number of hydrogen-bond acceptors (Lipinski definition) is 3. The van der Waals surface area contributed by atoms with Gasteiger partial charge in [-0.1, -0.05) is 0 Å². The van der Waals surface area contributed by atoms with Gasteiger partial charge >= 0.3 is 0 Å². The molecule has 4 heteroatoms. The number of carbonyl (C=O) groups is 1. The second-order valence-electron chi connectivity index (χ2n) is 4.51. The Kier molecular flexibility index (Phi) is 3.07. The van der Waals surface area contributed by atoms with Gasteiger partial charge in [0.05, 0.1) is 7.11 Å². The Balaban J connectivity index is 2.40. The first-order chi connectivity index (χ1) is 8.04. The molecule has 17 heavy (non-hydrogen) atoms. The Morgan fingerprint density at radius 2 is 2.06 bits per heavy atom. The molecule has 1 aliphatic rings. The minimum absolute atomic E-state index is 0.0516. The molecule has 0 spiro atoms. The van der Waals surface area contributed by atoms with Crippen molar-refractivity contribution in [2.45, 2.75) is 26.3 Å². The van der Waals surface area contributed by atoms with Crippen molar-refractivity contribution in [2.75, 3.05) is 18.6 Å². The number of benzene rings is 1. The number of nitrogens with two attached hydrogens (primary N) is 1. The molecular formula is C13H18N2O2. The van der Waals surface area contributed by atoms with Crippen LogP contribution >= 0.6 is 0 Å². The summed E-state index contributed by atoms with van der Waals surface area (Å²) in [6, 6.07) is 3.77. The maximum absolute atomic E-state index is 11.8. The fraction of sp³-hybridized carbons (Fsp3) is 0.462. The summed E-state index contributed by atoms with van der Waals surface area (Å²) in [5, 5.41) is 0. The smallest absolute Gasteiger partial charge is 0.228 e. The van der Waals surface area contributed by atoms with Crippen molar-refractivity contribution in [3.8, 4) is 5.75 Å². The summed E-state index contributed by atoms with van der Waals surface area (Å²) in [7, 11) is 1.65. The summed E-state index contributed by atoms with van der Waals surface area (Å²) in [4.78, 5) is 13.6. The number of rotatable bonds is 2. The van der Waals surface area contributed by atoms with Crippen molar-refractivity contribution in [2.24, 2.45) is 5.73 Å². The lowest BCUT2D eigenvalue weighted by atomic mass is 10.1. The molecule has 1 saturated heterocycles. The maximum Gasteiger partial charge on any atom is 0.228 e. The molecule has 1 fully saturated rings. The molecule has 1 atom stereocenters. The van der Waals surface area contributed by atoms with Gasteiger partial charge in [0.15, 0.2) is 0 Å². The van der Waals surface area contributed by atoms with Crippen molar-refractivity contribution in [1.29, 1.82) is 0 Å². The molecule has 1 unspecified atom stereocenters.